The van der Waals surface area contributed by atoms with Crippen LogP contribution in [-0.4, -0.2) is 31.2 Å². The van der Waals surface area contributed by atoms with Gasteiger partial charge in [-0.15, -0.1) is 0 Å². The van der Waals surface area contributed by atoms with E-state index < -0.39 is 25.3 Å². The molecule has 0 aliphatic heterocycles. The van der Waals surface area contributed by atoms with Crippen LogP contribution < -0.4 is 5.32 Å². The first-order valence-corrected chi connectivity index (χ1v) is 8.40. The number of hydrogen-bond donors (Lipinski definition) is 1. The van der Waals surface area contributed by atoms with E-state index in [1.165, 1.54) is 5.56 Å². The molecule has 0 aromatic heterocycles. The van der Waals surface area contributed by atoms with E-state index in [0.29, 0.717) is 6.42 Å². The number of rotatable bonds is 11. The molecule has 0 aliphatic rings. The van der Waals surface area contributed by atoms with Crippen molar-refractivity contribution in [3.05, 3.63) is 35.9 Å². The average molecular weight is 359 g/mol. The first kappa shape index (κ1) is 21.0. The molecule has 0 fully saturated rings. The van der Waals surface area contributed by atoms with Gasteiger partial charge in [0.15, 0.2) is 6.61 Å². The molecule has 140 valence electrons. The van der Waals surface area contributed by atoms with Gasteiger partial charge in [0.05, 0.1) is 0 Å². The van der Waals surface area contributed by atoms with Gasteiger partial charge < -0.3 is 10.1 Å². The number of ether oxygens (including phenoxy) is 1. The quantitative estimate of drug-likeness (QED) is 0.483. The zero-order chi connectivity index (χ0) is 18.5. The number of carbonyl (C=O) groups is 2. The molecule has 1 aromatic carbocycles. The van der Waals surface area contributed by atoms with Crippen LogP contribution >= 0.6 is 0 Å². The van der Waals surface area contributed by atoms with Crippen molar-refractivity contribution < 1.29 is 27.5 Å². The third kappa shape index (κ3) is 12.0. The van der Waals surface area contributed by atoms with Gasteiger partial charge in [-0.25, -0.2) is 0 Å². The van der Waals surface area contributed by atoms with E-state index in [2.05, 4.69) is 22.2 Å². The van der Waals surface area contributed by atoms with Crippen LogP contribution in [0.1, 0.15) is 44.1 Å². The van der Waals surface area contributed by atoms with Gasteiger partial charge in [0.25, 0.3) is 0 Å². The van der Waals surface area contributed by atoms with E-state index in [1.54, 1.807) is 0 Å². The number of amides is 1. The van der Waals surface area contributed by atoms with Gasteiger partial charge in [0.2, 0.25) is 5.91 Å². The number of benzene rings is 1. The van der Waals surface area contributed by atoms with Crippen molar-refractivity contribution in [3.8, 4) is 0 Å². The predicted octanol–water partition coefficient (Wildman–Crippen LogP) is 3.79. The molecular formula is C18H24F3NO3. The fraction of sp³-hybridized carbons (Fsp3) is 0.556. The summed E-state index contributed by atoms with van der Waals surface area (Å²) in [5.74, 6) is -1.44. The molecule has 1 amide bonds. The molecule has 0 unspecified atom stereocenters. The Morgan fingerprint density at radius 3 is 2.28 bits per heavy atom. The number of esters is 1. The van der Waals surface area contributed by atoms with Crippen molar-refractivity contribution in [2.45, 2.75) is 51.1 Å². The van der Waals surface area contributed by atoms with Crippen LogP contribution in [0.25, 0.3) is 0 Å². The maximum atomic E-state index is 11.8. The van der Waals surface area contributed by atoms with Crippen molar-refractivity contribution in [2.24, 2.45) is 0 Å². The SMILES string of the molecule is O=C(CCCCCCCc1ccccc1)NCC(=O)OCC(F)(F)F. The van der Waals surface area contributed by atoms with E-state index in [4.69, 9.17) is 0 Å². The molecule has 4 nitrogen and oxygen atoms in total. The minimum atomic E-state index is -4.56. The van der Waals surface area contributed by atoms with Crippen LogP contribution in [0.4, 0.5) is 13.2 Å². The van der Waals surface area contributed by atoms with E-state index >= 15 is 0 Å². The van der Waals surface area contributed by atoms with Crippen LogP contribution in [0.3, 0.4) is 0 Å². The molecule has 7 heteroatoms. The maximum absolute atomic E-state index is 11.8. The summed E-state index contributed by atoms with van der Waals surface area (Å²) in [6.07, 6.45) is 1.54. The Kier molecular flexibility index (Phi) is 9.65. The molecule has 0 atom stereocenters. The van der Waals surface area contributed by atoms with Crippen LogP contribution in [0.5, 0.6) is 0 Å². The molecule has 1 rings (SSSR count). The first-order chi connectivity index (χ1) is 11.9. The second-order valence-corrected chi connectivity index (χ2v) is 5.81. The lowest BCUT2D eigenvalue weighted by Crippen LogP contribution is -2.32. The molecule has 0 aliphatic carbocycles. The molecule has 0 heterocycles. The molecule has 0 radical (unpaired) electrons. The Bertz CT molecular complexity index is 518. The van der Waals surface area contributed by atoms with Gasteiger partial charge in [-0.1, -0.05) is 49.6 Å². The highest BCUT2D eigenvalue weighted by Crippen LogP contribution is 2.14. The number of halogens is 3. The Labute approximate surface area is 145 Å². The van der Waals surface area contributed by atoms with E-state index in [9.17, 15) is 22.8 Å². The van der Waals surface area contributed by atoms with E-state index in [0.717, 1.165) is 32.1 Å². The smallest absolute Gasteiger partial charge is 0.422 e. The largest absolute Gasteiger partial charge is 0.455 e. The number of carbonyl (C=O) groups excluding carboxylic acids is 2. The number of hydrogen-bond acceptors (Lipinski definition) is 3. The average Bonchev–Trinajstić information content (AvgIpc) is 2.57. The summed E-state index contributed by atoms with van der Waals surface area (Å²) in [5, 5.41) is 2.26. The van der Waals surface area contributed by atoms with Gasteiger partial charge in [-0.2, -0.15) is 13.2 Å². The Balaban J connectivity index is 1.95. The molecule has 0 saturated carbocycles. The highest BCUT2D eigenvalue weighted by Gasteiger charge is 2.29. The van der Waals surface area contributed by atoms with Gasteiger partial charge >= 0.3 is 12.1 Å². The summed E-state index contributed by atoms with van der Waals surface area (Å²) < 4.78 is 39.5. The monoisotopic (exact) mass is 359 g/mol. The van der Waals surface area contributed by atoms with Crippen molar-refractivity contribution in [1.82, 2.24) is 5.32 Å². The standard InChI is InChI=1S/C18H24F3NO3/c19-18(20,21)14-25-17(24)13-22-16(23)12-8-3-1-2-5-9-15-10-6-4-7-11-15/h4,6-7,10-11H,1-3,5,8-9,12-14H2,(H,22,23). The summed E-state index contributed by atoms with van der Waals surface area (Å²) >= 11 is 0. The minimum Gasteiger partial charge on any atom is -0.455 e. The molecule has 0 spiro atoms. The highest BCUT2D eigenvalue weighted by atomic mass is 19.4. The third-order valence-electron chi connectivity index (χ3n) is 3.54. The summed E-state index contributed by atoms with van der Waals surface area (Å²) in [6, 6.07) is 10.2. The molecule has 0 bridgehead atoms. The second-order valence-electron chi connectivity index (χ2n) is 5.81. The van der Waals surface area contributed by atoms with Crippen molar-refractivity contribution in [3.63, 3.8) is 0 Å². The molecule has 1 aromatic rings. The highest BCUT2D eigenvalue weighted by molar-refractivity contribution is 5.81. The Morgan fingerprint density at radius 1 is 0.960 bits per heavy atom. The van der Waals surface area contributed by atoms with Gasteiger partial charge in [0, 0.05) is 6.42 Å². The van der Waals surface area contributed by atoms with Gasteiger partial charge in [0.1, 0.15) is 6.54 Å². The van der Waals surface area contributed by atoms with Crippen LogP contribution in [0, 0.1) is 0 Å². The Morgan fingerprint density at radius 2 is 1.60 bits per heavy atom. The zero-order valence-corrected chi connectivity index (χ0v) is 14.1. The lowest BCUT2D eigenvalue weighted by Gasteiger charge is -2.08. The van der Waals surface area contributed by atoms with Crippen LogP contribution in [0.2, 0.25) is 0 Å². The van der Waals surface area contributed by atoms with E-state index in [-0.39, 0.29) is 12.3 Å². The van der Waals surface area contributed by atoms with Gasteiger partial charge in [-0.05, 0) is 24.8 Å². The minimum absolute atomic E-state index is 0.255. The zero-order valence-electron chi connectivity index (χ0n) is 14.1. The summed E-state index contributed by atoms with van der Waals surface area (Å²) in [4.78, 5) is 22.5. The third-order valence-corrected chi connectivity index (χ3v) is 3.54. The molecule has 1 N–H and O–H groups in total. The van der Waals surface area contributed by atoms with Crippen LogP contribution in [0.15, 0.2) is 30.3 Å². The van der Waals surface area contributed by atoms with E-state index in [1.807, 2.05) is 18.2 Å². The molecular weight excluding hydrogens is 335 g/mol. The molecule has 25 heavy (non-hydrogen) atoms. The number of alkyl halides is 3. The number of nitrogens with one attached hydrogen (secondary N) is 1. The van der Waals surface area contributed by atoms with Gasteiger partial charge in [-0.3, -0.25) is 9.59 Å². The van der Waals surface area contributed by atoms with Crippen molar-refractivity contribution in [1.29, 1.82) is 0 Å². The predicted molar refractivity (Wildman–Crippen MR) is 87.9 cm³/mol. The Hall–Kier alpha value is -2.05. The second kappa shape index (κ2) is 11.5. The normalized spacial score (nSPS) is 11.2. The number of aryl methyl sites for hydroxylation is 1. The van der Waals surface area contributed by atoms with Crippen molar-refractivity contribution in [2.75, 3.05) is 13.2 Å². The molecule has 0 saturated heterocycles. The first-order valence-electron chi connectivity index (χ1n) is 8.40. The topological polar surface area (TPSA) is 55.4 Å². The summed E-state index contributed by atoms with van der Waals surface area (Å²) in [5.41, 5.74) is 1.32. The lowest BCUT2D eigenvalue weighted by molar-refractivity contribution is -0.185. The summed E-state index contributed by atoms with van der Waals surface area (Å²) in [6.45, 7) is -2.17. The lowest BCUT2D eigenvalue weighted by atomic mass is 10.0. The van der Waals surface area contributed by atoms with Crippen molar-refractivity contribution >= 4 is 11.9 Å². The number of unbranched alkanes of at least 4 members (excludes halogenated alkanes) is 4. The fourth-order valence-electron chi connectivity index (χ4n) is 2.26. The maximum Gasteiger partial charge on any atom is 0.422 e. The van der Waals surface area contributed by atoms with Crippen LogP contribution in [-0.2, 0) is 20.7 Å². The summed E-state index contributed by atoms with van der Waals surface area (Å²) in [7, 11) is 0. The fourth-order valence-corrected chi connectivity index (χ4v) is 2.26.